The van der Waals surface area contributed by atoms with E-state index in [1.54, 1.807) is 0 Å². The highest BCUT2D eigenvalue weighted by Gasteiger charge is 2.12. The lowest BCUT2D eigenvalue weighted by atomic mass is 10.1. The topological polar surface area (TPSA) is 21.6 Å². The molecule has 0 bridgehead atoms. The van der Waals surface area contributed by atoms with Crippen LogP contribution in [0.5, 0.6) is 0 Å². The maximum atomic E-state index is 5.26. The molecule has 1 rings (SSSR count). The Morgan fingerprint density at radius 2 is 2.56 bits per heavy atom. The summed E-state index contributed by atoms with van der Waals surface area (Å²) in [7, 11) is 0. The fraction of sp³-hybridized carbons (Fsp3) is 0.857. The molecule has 1 aliphatic heterocycles. The minimum Gasteiger partial charge on any atom is -0.479 e. The summed E-state index contributed by atoms with van der Waals surface area (Å²) in [5.74, 6) is 1.48. The zero-order valence-electron chi connectivity index (χ0n) is 6.05. The molecule has 0 radical (unpaired) electrons. The van der Waals surface area contributed by atoms with Crippen molar-refractivity contribution in [3.05, 3.63) is 0 Å². The summed E-state index contributed by atoms with van der Waals surface area (Å²) in [4.78, 5) is 4.20. The van der Waals surface area contributed by atoms with Crippen LogP contribution in [-0.2, 0) is 4.74 Å². The van der Waals surface area contributed by atoms with Crippen molar-refractivity contribution in [3.63, 3.8) is 0 Å². The summed E-state index contributed by atoms with van der Waals surface area (Å²) in [5, 5.41) is 0. The third kappa shape index (κ3) is 1.44. The highest BCUT2D eigenvalue weighted by molar-refractivity contribution is 5.79. The van der Waals surface area contributed by atoms with Crippen LogP contribution in [0, 0.1) is 5.92 Å². The molecule has 1 unspecified atom stereocenters. The van der Waals surface area contributed by atoms with Gasteiger partial charge < -0.3 is 4.74 Å². The first-order chi connectivity index (χ1) is 4.34. The molecule has 0 aliphatic carbocycles. The van der Waals surface area contributed by atoms with Crippen molar-refractivity contribution in [1.82, 2.24) is 0 Å². The van der Waals surface area contributed by atoms with Gasteiger partial charge in [-0.3, -0.25) is 4.99 Å². The number of rotatable bonds is 2. The molecule has 0 aromatic heterocycles. The summed E-state index contributed by atoms with van der Waals surface area (Å²) >= 11 is 0. The molecule has 9 heavy (non-hydrogen) atoms. The largest absolute Gasteiger partial charge is 0.479 e. The highest BCUT2D eigenvalue weighted by Crippen LogP contribution is 2.08. The van der Waals surface area contributed by atoms with E-state index in [4.69, 9.17) is 4.74 Å². The van der Waals surface area contributed by atoms with E-state index in [9.17, 15) is 0 Å². The summed E-state index contributed by atoms with van der Waals surface area (Å²) in [6.45, 7) is 5.94. The second-order valence-corrected chi connectivity index (χ2v) is 2.38. The van der Waals surface area contributed by atoms with Crippen molar-refractivity contribution in [2.45, 2.75) is 20.3 Å². The van der Waals surface area contributed by atoms with E-state index in [-0.39, 0.29) is 0 Å². The Bertz CT molecular complexity index is 120. The fourth-order valence-corrected chi connectivity index (χ4v) is 0.824. The van der Waals surface area contributed by atoms with Crippen LogP contribution in [0.15, 0.2) is 4.99 Å². The van der Waals surface area contributed by atoms with Crippen molar-refractivity contribution >= 4 is 5.90 Å². The van der Waals surface area contributed by atoms with Gasteiger partial charge in [-0.2, -0.15) is 0 Å². The second-order valence-electron chi connectivity index (χ2n) is 2.38. The molecular weight excluding hydrogens is 114 g/mol. The highest BCUT2D eigenvalue weighted by atomic mass is 16.5. The molecular formula is C7H13NO. The van der Waals surface area contributed by atoms with Crippen LogP contribution in [0.1, 0.15) is 20.3 Å². The molecule has 0 saturated carbocycles. The van der Waals surface area contributed by atoms with Crippen LogP contribution >= 0.6 is 0 Å². The number of aliphatic imine (C=N–C) groups is 1. The molecule has 0 aromatic rings. The van der Waals surface area contributed by atoms with Crippen LogP contribution in [0.3, 0.4) is 0 Å². The van der Waals surface area contributed by atoms with Crippen molar-refractivity contribution in [3.8, 4) is 0 Å². The van der Waals surface area contributed by atoms with Crippen molar-refractivity contribution in [2.24, 2.45) is 10.9 Å². The van der Waals surface area contributed by atoms with Gasteiger partial charge in [-0.1, -0.05) is 13.8 Å². The molecule has 0 fully saturated rings. The van der Waals surface area contributed by atoms with Crippen LogP contribution in [0.4, 0.5) is 0 Å². The van der Waals surface area contributed by atoms with Gasteiger partial charge in [0.05, 0.1) is 6.54 Å². The number of ether oxygens (including phenoxy) is 1. The van der Waals surface area contributed by atoms with E-state index < -0.39 is 0 Å². The maximum absolute atomic E-state index is 5.26. The third-order valence-electron chi connectivity index (χ3n) is 1.64. The van der Waals surface area contributed by atoms with Gasteiger partial charge in [0.2, 0.25) is 0 Å². The summed E-state index contributed by atoms with van der Waals surface area (Å²) < 4.78 is 5.26. The lowest BCUT2D eigenvalue weighted by Gasteiger charge is -2.06. The number of nitrogens with zero attached hydrogens (tertiary/aromatic N) is 1. The van der Waals surface area contributed by atoms with E-state index in [2.05, 4.69) is 18.8 Å². The molecule has 0 saturated heterocycles. The minimum atomic E-state index is 0.521. The van der Waals surface area contributed by atoms with E-state index >= 15 is 0 Å². The van der Waals surface area contributed by atoms with Crippen molar-refractivity contribution in [2.75, 3.05) is 13.2 Å². The molecule has 0 aromatic carbocycles. The standard InChI is InChI=1S/C7H13NO/c1-3-6(2)7-8-4-5-9-7/h6H,3-5H2,1-2H3. The average Bonchev–Trinajstić information content (AvgIpc) is 2.37. The monoisotopic (exact) mass is 127 g/mol. The molecule has 0 amide bonds. The predicted molar refractivity (Wildman–Crippen MR) is 37.7 cm³/mol. The normalized spacial score (nSPS) is 20.9. The van der Waals surface area contributed by atoms with Crippen LogP contribution in [0.2, 0.25) is 0 Å². The van der Waals surface area contributed by atoms with Gasteiger partial charge in [-0.25, -0.2) is 0 Å². The van der Waals surface area contributed by atoms with Gasteiger partial charge in [0.15, 0.2) is 5.90 Å². The molecule has 1 aliphatic rings. The van der Waals surface area contributed by atoms with Gasteiger partial charge in [0, 0.05) is 5.92 Å². The first-order valence-corrected chi connectivity index (χ1v) is 3.51. The Labute approximate surface area is 55.9 Å². The molecule has 2 nitrogen and oxygen atoms in total. The van der Waals surface area contributed by atoms with Gasteiger partial charge in [0.1, 0.15) is 6.61 Å². The Hall–Kier alpha value is -0.530. The van der Waals surface area contributed by atoms with Crippen molar-refractivity contribution < 1.29 is 4.74 Å². The van der Waals surface area contributed by atoms with Crippen molar-refractivity contribution in [1.29, 1.82) is 0 Å². The SMILES string of the molecule is CCC(C)C1=NCCO1. The predicted octanol–water partition coefficient (Wildman–Crippen LogP) is 1.46. The van der Waals surface area contributed by atoms with Crippen LogP contribution in [-0.4, -0.2) is 19.0 Å². The number of hydrogen-bond donors (Lipinski definition) is 0. The Morgan fingerprint density at radius 1 is 1.78 bits per heavy atom. The maximum Gasteiger partial charge on any atom is 0.186 e. The Balaban J connectivity index is 2.40. The third-order valence-corrected chi connectivity index (χ3v) is 1.64. The Kier molecular flexibility index (Phi) is 2.09. The molecule has 1 heterocycles. The van der Waals surface area contributed by atoms with E-state index in [1.807, 2.05) is 0 Å². The lowest BCUT2D eigenvalue weighted by Crippen LogP contribution is -2.09. The fourth-order valence-electron chi connectivity index (χ4n) is 0.824. The average molecular weight is 127 g/mol. The molecule has 2 heteroatoms. The minimum absolute atomic E-state index is 0.521. The van der Waals surface area contributed by atoms with Gasteiger partial charge in [-0.05, 0) is 6.42 Å². The van der Waals surface area contributed by atoms with Gasteiger partial charge in [-0.15, -0.1) is 0 Å². The summed E-state index contributed by atoms with van der Waals surface area (Å²) in [6, 6.07) is 0. The second kappa shape index (κ2) is 2.85. The first kappa shape index (κ1) is 6.59. The zero-order chi connectivity index (χ0) is 6.69. The molecule has 1 atom stereocenters. The molecule has 0 N–H and O–H groups in total. The van der Waals surface area contributed by atoms with Gasteiger partial charge in [0.25, 0.3) is 0 Å². The zero-order valence-corrected chi connectivity index (χ0v) is 6.05. The van der Waals surface area contributed by atoms with E-state index in [0.717, 1.165) is 25.5 Å². The summed E-state index contributed by atoms with van der Waals surface area (Å²) in [6.07, 6.45) is 1.12. The Morgan fingerprint density at radius 3 is 3.00 bits per heavy atom. The summed E-state index contributed by atoms with van der Waals surface area (Å²) in [5.41, 5.74) is 0. The quantitative estimate of drug-likeness (QED) is 0.550. The smallest absolute Gasteiger partial charge is 0.186 e. The van der Waals surface area contributed by atoms with Crippen LogP contribution in [0.25, 0.3) is 0 Å². The molecule has 52 valence electrons. The lowest BCUT2D eigenvalue weighted by molar-refractivity contribution is 0.323. The molecule has 0 spiro atoms. The van der Waals surface area contributed by atoms with Gasteiger partial charge >= 0.3 is 0 Å². The van der Waals surface area contributed by atoms with E-state index in [1.165, 1.54) is 0 Å². The van der Waals surface area contributed by atoms with Crippen LogP contribution < -0.4 is 0 Å². The van der Waals surface area contributed by atoms with E-state index in [0.29, 0.717) is 5.92 Å². The number of hydrogen-bond acceptors (Lipinski definition) is 2. The first-order valence-electron chi connectivity index (χ1n) is 3.51.